The first-order chi connectivity index (χ1) is 12.9. The van der Waals surface area contributed by atoms with Crippen LogP contribution in [0.3, 0.4) is 0 Å². The van der Waals surface area contributed by atoms with Crippen LogP contribution in [0.15, 0.2) is 30.5 Å². The van der Waals surface area contributed by atoms with Crippen molar-refractivity contribution < 1.29 is 9.59 Å². The lowest BCUT2D eigenvalue weighted by molar-refractivity contribution is -0.116. The number of nitrogens with two attached hydrogens (primary N) is 1. The molecular formula is C21H23N3O2S. The lowest BCUT2D eigenvalue weighted by Gasteiger charge is -2.18. The summed E-state index contributed by atoms with van der Waals surface area (Å²) in [7, 11) is 0. The van der Waals surface area contributed by atoms with Gasteiger partial charge in [-0.1, -0.05) is 18.6 Å². The third-order valence-corrected chi connectivity index (χ3v) is 6.42. The molecule has 1 unspecified atom stereocenters. The fraction of sp³-hybridized carbons (Fsp3) is 0.333. The van der Waals surface area contributed by atoms with Crippen LogP contribution in [0.1, 0.15) is 39.7 Å². The summed E-state index contributed by atoms with van der Waals surface area (Å²) in [6, 6.07) is 8.17. The smallest absolute Gasteiger partial charge is 0.251 e. The van der Waals surface area contributed by atoms with Gasteiger partial charge in [-0.2, -0.15) is 0 Å². The molecule has 3 aromatic rings. The van der Waals surface area contributed by atoms with Crippen LogP contribution in [0.5, 0.6) is 0 Å². The van der Waals surface area contributed by atoms with Gasteiger partial charge in [-0.25, -0.2) is 0 Å². The van der Waals surface area contributed by atoms with Crippen LogP contribution in [-0.4, -0.2) is 16.4 Å². The van der Waals surface area contributed by atoms with Gasteiger partial charge in [-0.05, 0) is 61.3 Å². The molecule has 5 nitrogen and oxygen atoms in total. The Morgan fingerprint density at radius 1 is 1.33 bits per heavy atom. The Balaban J connectivity index is 1.58. The third-order valence-electron chi connectivity index (χ3n) is 5.25. The Hall–Kier alpha value is -2.60. The molecule has 27 heavy (non-hydrogen) atoms. The summed E-state index contributed by atoms with van der Waals surface area (Å²) in [6.07, 6.45) is 4.76. The largest absolute Gasteiger partial charge is 0.365 e. The molecule has 0 saturated heterocycles. The van der Waals surface area contributed by atoms with Crippen molar-refractivity contribution in [1.29, 1.82) is 0 Å². The van der Waals surface area contributed by atoms with E-state index < -0.39 is 5.91 Å². The highest BCUT2D eigenvalue weighted by atomic mass is 32.1. The Labute approximate surface area is 162 Å². The normalized spacial score (nSPS) is 16.3. The van der Waals surface area contributed by atoms with Crippen molar-refractivity contribution in [2.24, 2.45) is 11.7 Å². The minimum absolute atomic E-state index is 0.151. The van der Waals surface area contributed by atoms with E-state index >= 15 is 0 Å². The Kier molecular flexibility index (Phi) is 4.52. The van der Waals surface area contributed by atoms with E-state index in [-0.39, 0.29) is 12.5 Å². The third kappa shape index (κ3) is 3.37. The number of hydrogen-bond acceptors (Lipinski definition) is 3. The highest BCUT2D eigenvalue weighted by Crippen LogP contribution is 2.39. The summed E-state index contributed by atoms with van der Waals surface area (Å²) in [5, 5.41) is 4.64. The van der Waals surface area contributed by atoms with Gasteiger partial charge in [0.1, 0.15) is 11.5 Å². The molecule has 1 atom stereocenters. The number of benzene rings is 1. The Morgan fingerprint density at radius 2 is 2.15 bits per heavy atom. The standard InChI is InChI=1S/C21H23N3O2S/c1-12-4-6-16-14(9-12)7-8-24(16)11-18(25)23-21-19(20(22)26)15-5-3-13(2)10-17(15)27-21/h4,6-9,13H,3,5,10-11H2,1-2H3,(H2,22,26)(H,23,25). The summed E-state index contributed by atoms with van der Waals surface area (Å²) >= 11 is 1.50. The van der Waals surface area contributed by atoms with Gasteiger partial charge in [0, 0.05) is 16.6 Å². The number of rotatable bonds is 4. The van der Waals surface area contributed by atoms with E-state index in [9.17, 15) is 9.59 Å². The lowest BCUT2D eigenvalue weighted by Crippen LogP contribution is -2.21. The molecule has 1 aliphatic rings. The van der Waals surface area contributed by atoms with Crippen molar-refractivity contribution >= 4 is 39.1 Å². The molecule has 2 heterocycles. The van der Waals surface area contributed by atoms with Gasteiger partial charge in [0.25, 0.3) is 5.91 Å². The lowest BCUT2D eigenvalue weighted by atomic mass is 9.88. The van der Waals surface area contributed by atoms with Gasteiger partial charge in [-0.3, -0.25) is 9.59 Å². The molecule has 1 aliphatic carbocycles. The number of thiophene rings is 1. The summed E-state index contributed by atoms with van der Waals surface area (Å²) < 4.78 is 1.92. The second-order valence-corrected chi connectivity index (χ2v) is 8.58. The van der Waals surface area contributed by atoms with E-state index in [0.717, 1.165) is 35.7 Å². The van der Waals surface area contributed by atoms with Crippen LogP contribution >= 0.6 is 11.3 Å². The molecule has 2 amide bonds. The van der Waals surface area contributed by atoms with Gasteiger partial charge in [0.2, 0.25) is 5.91 Å². The summed E-state index contributed by atoms with van der Waals surface area (Å²) in [5.74, 6) is -0.0170. The van der Waals surface area contributed by atoms with Crippen LogP contribution in [0.25, 0.3) is 10.9 Å². The second-order valence-electron chi connectivity index (χ2n) is 7.47. The zero-order valence-electron chi connectivity index (χ0n) is 15.5. The van der Waals surface area contributed by atoms with Crippen LogP contribution in [0, 0.1) is 12.8 Å². The molecule has 2 aromatic heterocycles. The van der Waals surface area contributed by atoms with Crippen molar-refractivity contribution in [2.45, 2.75) is 39.7 Å². The summed E-state index contributed by atoms with van der Waals surface area (Å²) in [4.78, 5) is 25.9. The number of nitrogens with one attached hydrogen (secondary N) is 1. The molecule has 0 spiro atoms. The van der Waals surface area contributed by atoms with Gasteiger partial charge in [0.05, 0.1) is 5.56 Å². The van der Waals surface area contributed by atoms with Gasteiger partial charge in [-0.15, -0.1) is 11.3 Å². The van der Waals surface area contributed by atoms with E-state index in [1.165, 1.54) is 21.8 Å². The minimum Gasteiger partial charge on any atom is -0.365 e. The highest BCUT2D eigenvalue weighted by Gasteiger charge is 2.27. The maximum atomic E-state index is 12.7. The van der Waals surface area contributed by atoms with Gasteiger partial charge in [0.15, 0.2) is 0 Å². The monoisotopic (exact) mass is 381 g/mol. The number of primary amides is 1. The van der Waals surface area contributed by atoms with E-state index in [1.807, 2.05) is 35.9 Å². The van der Waals surface area contributed by atoms with Crippen LogP contribution in [0.4, 0.5) is 5.00 Å². The fourth-order valence-electron chi connectivity index (χ4n) is 3.88. The SMILES string of the molecule is Cc1ccc2c(ccn2CC(=O)Nc2sc3c(c2C(N)=O)CCC(C)C3)c1. The molecule has 0 aliphatic heterocycles. The van der Waals surface area contributed by atoms with Crippen molar-refractivity contribution in [2.75, 3.05) is 5.32 Å². The number of carbonyl (C=O) groups is 2. The maximum Gasteiger partial charge on any atom is 0.251 e. The van der Waals surface area contributed by atoms with Crippen molar-refractivity contribution in [1.82, 2.24) is 4.57 Å². The molecule has 1 aromatic carbocycles. The minimum atomic E-state index is -0.459. The van der Waals surface area contributed by atoms with Crippen molar-refractivity contribution in [3.05, 3.63) is 52.0 Å². The average molecular weight is 382 g/mol. The number of carbonyl (C=O) groups excluding carboxylic acids is 2. The van der Waals surface area contributed by atoms with Crippen LogP contribution in [-0.2, 0) is 24.2 Å². The quantitative estimate of drug-likeness (QED) is 0.720. The number of hydrogen-bond donors (Lipinski definition) is 2. The number of aromatic nitrogens is 1. The molecule has 140 valence electrons. The molecular weight excluding hydrogens is 358 g/mol. The molecule has 3 N–H and O–H groups in total. The van der Waals surface area contributed by atoms with Crippen LogP contribution < -0.4 is 11.1 Å². The number of amides is 2. The van der Waals surface area contributed by atoms with E-state index in [2.05, 4.69) is 18.3 Å². The summed E-state index contributed by atoms with van der Waals surface area (Å²) in [5.41, 5.74) is 9.37. The Morgan fingerprint density at radius 3 is 2.93 bits per heavy atom. The zero-order valence-corrected chi connectivity index (χ0v) is 16.4. The molecule has 0 radical (unpaired) electrons. The van der Waals surface area contributed by atoms with Crippen molar-refractivity contribution in [3.63, 3.8) is 0 Å². The molecule has 4 rings (SSSR count). The predicted molar refractivity (Wildman–Crippen MR) is 109 cm³/mol. The number of anilines is 1. The zero-order chi connectivity index (χ0) is 19.1. The number of aryl methyl sites for hydroxylation is 1. The first-order valence-electron chi connectivity index (χ1n) is 9.22. The van der Waals surface area contributed by atoms with Crippen molar-refractivity contribution in [3.8, 4) is 0 Å². The Bertz CT molecular complexity index is 1050. The van der Waals surface area contributed by atoms with E-state index in [1.54, 1.807) is 0 Å². The molecule has 6 heteroatoms. The fourth-order valence-corrected chi connectivity index (χ4v) is 5.31. The second kappa shape index (κ2) is 6.85. The number of fused-ring (bicyclic) bond motifs is 2. The molecule has 0 saturated carbocycles. The van der Waals surface area contributed by atoms with E-state index in [4.69, 9.17) is 5.73 Å². The topological polar surface area (TPSA) is 77.1 Å². The highest BCUT2D eigenvalue weighted by molar-refractivity contribution is 7.17. The van der Waals surface area contributed by atoms with Gasteiger partial charge < -0.3 is 15.6 Å². The maximum absolute atomic E-state index is 12.7. The average Bonchev–Trinajstić information content (AvgIpc) is 3.14. The first kappa shape index (κ1) is 17.8. The number of nitrogens with zero attached hydrogens (tertiary/aromatic N) is 1. The molecule has 0 bridgehead atoms. The predicted octanol–water partition coefficient (Wildman–Crippen LogP) is 3.87. The van der Waals surface area contributed by atoms with Crippen LogP contribution in [0.2, 0.25) is 0 Å². The summed E-state index contributed by atoms with van der Waals surface area (Å²) in [6.45, 7) is 4.46. The van der Waals surface area contributed by atoms with Gasteiger partial charge >= 0.3 is 0 Å². The first-order valence-corrected chi connectivity index (χ1v) is 10.0. The van der Waals surface area contributed by atoms with E-state index in [0.29, 0.717) is 16.5 Å². The molecule has 0 fully saturated rings.